The molecule has 5 nitrogen and oxygen atoms in total. The number of hydrogen-bond acceptors (Lipinski definition) is 5. The lowest BCUT2D eigenvalue weighted by molar-refractivity contribution is -0.203. The zero-order valence-corrected chi connectivity index (χ0v) is 27.4. The molecule has 1 N–H and O–H groups in total. The molecule has 0 radical (unpaired) electrons. The van der Waals surface area contributed by atoms with E-state index in [0.717, 1.165) is 38.5 Å². The molecule has 0 heterocycles. The molecule has 232 valence electrons. The molecule has 5 rings (SSSR count). The van der Waals surface area contributed by atoms with Crippen LogP contribution in [0.1, 0.15) is 132 Å². The smallest absolute Gasteiger partial charge is 0.311 e. The number of allylic oxidation sites excluding steroid dienone is 2. The fourth-order valence-electron chi connectivity index (χ4n) is 11.3. The van der Waals surface area contributed by atoms with Crippen LogP contribution in [0.25, 0.3) is 0 Å². The van der Waals surface area contributed by atoms with Gasteiger partial charge in [0.2, 0.25) is 0 Å². The van der Waals surface area contributed by atoms with E-state index in [0.29, 0.717) is 37.2 Å². The number of aliphatic hydroxyl groups is 1. The van der Waals surface area contributed by atoms with Gasteiger partial charge in [0.25, 0.3) is 0 Å². The summed E-state index contributed by atoms with van der Waals surface area (Å²) in [4.78, 5) is 25.2. The monoisotopic (exact) mass is 570 g/mol. The number of carbonyl (C=O) groups excluding carboxylic acids is 2. The molecular weight excluding hydrogens is 512 g/mol. The van der Waals surface area contributed by atoms with Crippen LogP contribution in [0.5, 0.6) is 0 Å². The molecule has 0 unspecified atom stereocenters. The second-order valence-electron chi connectivity index (χ2n) is 16.7. The summed E-state index contributed by atoms with van der Waals surface area (Å²) in [6.45, 7) is 19.5. The fraction of sp³-hybridized carbons (Fsp3) is 0.889. The van der Waals surface area contributed by atoms with Gasteiger partial charge in [-0.2, -0.15) is 0 Å². The van der Waals surface area contributed by atoms with Crippen molar-refractivity contribution in [2.75, 3.05) is 13.2 Å². The highest BCUT2D eigenvalue weighted by atomic mass is 16.5. The van der Waals surface area contributed by atoms with Gasteiger partial charge in [-0.3, -0.25) is 9.59 Å². The third-order valence-electron chi connectivity index (χ3n) is 14.4. The standard InChI is InChI=1S/C36H58O5/c1-9-40-29(38)11-10-22-41-30(39)33(5)19-18-32(4)20-21-35(7)24(25(32)23-33)12-13-27-34(6)16-15-28(37)31(2,3)26(34)14-17-36(27,35)8/h12,25-28,37H,9-11,13-23H2,1-8H3/t25-,26-,27+,28-,32+,33-,34-,35+,36+/m0/s1. The first kappa shape index (κ1) is 31.1. The molecule has 0 spiro atoms. The first-order valence-electron chi connectivity index (χ1n) is 16.8. The third kappa shape index (κ3) is 4.65. The highest BCUT2D eigenvalue weighted by Crippen LogP contribution is 2.75. The minimum absolute atomic E-state index is 0.0355. The Bertz CT molecular complexity index is 1080. The molecule has 0 amide bonds. The van der Waals surface area contributed by atoms with Crippen LogP contribution < -0.4 is 0 Å². The zero-order valence-electron chi connectivity index (χ0n) is 27.4. The summed E-state index contributed by atoms with van der Waals surface area (Å²) < 4.78 is 10.8. The van der Waals surface area contributed by atoms with E-state index in [9.17, 15) is 14.7 Å². The number of esters is 2. The maximum atomic E-state index is 13.5. The molecule has 0 bridgehead atoms. The van der Waals surface area contributed by atoms with Gasteiger partial charge >= 0.3 is 11.9 Å². The highest BCUT2D eigenvalue weighted by molar-refractivity contribution is 5.77. The van der Waals surface area contributed by atoms with E-state index < -0.39 is 5.41 Å². The SMILES string of the molecule is CCOC(=O)CCCOC(=O)[C@@]1(C)CC[C@]2(C)CC[C@]3(C)C(=CC[C@@H]4[C@@]5(C)CC[C@H](O)C(C)(C)[C@@H]5CC[C@]43C)[C@@H]2C1. The van der Waals surface area contributed by atoms with Crippen LogP contribution in [-0.2, 0) is 19.1 Å². The lowest BCUT2D eigenvalue weighted by atomic mass is 9.33. The maximum Gasteiger partial charge on any atom is 0.311 e. The van der Waals surface area contributed by atoms with Crippen molar-refractivity contribution in [1.82, 2.24) is 0 Å². The van der Waals surface area contributed by atoms with E-state index in [1.54, 1.807) is 12.5 Å². The number of ether oxygens (including phenoxy) is 2. The molecule has 0 aromatic rings. The van der Waals surface area contributed by atoms with Gasteiger partial charge in [0, 0.05) is 6.42 Å². The summed E-state index contributed by atoms with van der Waals surface area (Å²) in [6, 6.07) is 0. The summed E-state index contributed by atoms with van der Waals surface area (Å²) in [5.41, 5.74) is 1.96. The van der Waals surface area contributed by atoms with E-state index in [4.69, 9.17) is 9.47 Å². The molecule has 4 saturated carbocycles. The minimum atomic E-state index is -0.488. The average Bonchev–Trinajstić information content (AvgIpc) is 2.90. The molecule has 0 aliphatic heterocycles. The van der Waals surface area contributed by atoms with Crippen molar-refractivity contribution in [3.05, 3.63) is 11.6 Å². The number of aliphatic hydroxyl groups excluding tert-OH is 1. The van der Waals surface area contributed by atoms with Crippen LogP contribution in [0.3, 0.4) is 0 Å². The summed E-state index contributed by atoms with van der Waals surface area (Å²) in [6.07, 6.45) is 14.1. The molecule has 0 saturated heterocycles. The van der Waals surface area contributed by atoms with Crippen LogP contribution >= 0.6 is 0 Å². The Balaban J connectivity index is 1.38. The number of hydrogen-bond donors (Lipinski definition) is 1. The van der Waals surface area contributed by atoms with Crippen LogP contribution in [-0.4, -0.2) is 36.4 Å². The molecule has 0 aromatic carbocycles. The summed E-state index contributed by atoms with van der Waals surface area (Å²) >= 11 is 0. The van der Waals surface area contributed by atoms with Gasteiger partial charge in [0.05, 0.1) is 24.7 Å². The van der Waals surface area contributed by atoms with Crippen LogP contribution in [0.15, 0.2) is 11.6 Å². The van der Waals surface area contributed by atoms with Crippen LogP contribution in [0.4, 0.5) is 0 Å². The van der Waals surface area contributed by atoms with Gasteiger partial charge in [-0.15, -0.1) is 0 Å². The van der Waals surface area contributed by atoms with Crippen molar-refractivity contribution in [3.8, 4) is 0 Å². The largest absolute Gasteiger partial charge is 0.466 e. The summed E-state index contributed by atoms with van der Waals surface area (Å²) in [5, 5.41) is 11.0. The predicted octanol–water partition coefficient (Wildman–Crippen LogP) is 8.04. The number of rotatable bonds is 6. The Hall–Kier alpha value is -1.36. The van der Waals surface area contributed by atoms with Gasteiger partial charge < -0.3 is 14.6 Å². The van der Waals surface area contributed by atoms with Gasteiger partial charge in [-0.1, -0.05) is 53.2 Å². The second kappa shape index (κ2) is 10.4. The molecule has 0 aromatic heterocycles. The lowest BCUT2D eigenvalue weighted by Gasteiger charge is -2.71. The highest BCUT2D eigenvalue weighted by Gasteiger charge is 2.68. The molecule has 5 aliphatic rings. The Morgan fingerprint density at radius 1 is 0.902 bits per heavy atom. The van der Waals surface area contributed by atoms with E-state index in [-0.39, 0.29) is 51.7 Å². The quantitative estimate of drug-likeness (QED) is 0.199. The van der Waals surface area contributed by atoms with Crippen molar-refractivity contribution in [1.29, 1.82) is 0 Å². The van der Waals surface area contributed by atoms with Crippen molar-refractivity contribution < 1.29 is 24.2 Å². The molecule has 5 aliphatic carbocycles. The van der Waals surface area contributed by atoms with Crippen LogP contribution in [0.2, 0.25) is 0 Å². The number of fused-ring (bicyclic) bond motifs is 7. The van der Waals surface area contributed by atoms with Crippen LogP contribution in [0, 0.1) is 50.2 Å². The first-order chi connectivity index (χ1) is 19.1. The molecule has 5 heteroatoms. The van der Waals surface area contributed by atoms with E-state index in [1.165, 1.54) is 25.7 Å². The van der Waals surface area contributed by atoms with Crippen molar-refractivity contribution in [2.24, 2.45) is 50.2 Å². The lowest BCUT2D eigenvalue weighted by Crippen LogP contribution is -2.64. The third-order valence-corrected chi connectivity index (χ3v) is 14.4. The van der Waals surface area contributed by atoms with Gasteiger partial charge in [-0.25, -0.2) is 0 Å². The Kier molecular flexibility index (Phi) is 7.86. The Morgan fingerprint density at radius 3 is 2.32 bits per heavy atom. The average molecular weight is 571 g/mol. The Morgan fingerprint density at radius 2 is 1.61 bits per heavy atom. The second-order valence-corrected chi connectivity index (χ2v) is 16.7. The first-order valence-corrected chi connectivity index (χ1v) is 16.8. The van der Waals surface area contributed by atoms with Gasteiger partial charge in [0.15, 0.2) is 0 Å². The molecule has 41 heavy (non-hydrogen) atoms. The summed E-state index contributed by atoms with van der Waals surface area (Å²) in [7, 11) is 0. The van der Waals surface area contributed by atoms with Gasteiger partial charge in [0.1, 0.15) is 0 Å². The molecular formula is C36H58O5. The molecule has 9 atom stereocenters. The predicted molar refractivity (Wildman–Crippen MR) is 162 cm³/mol. The fourth-order valence-corrected chi connectivity index (χ4v) is 11.3. The van der Waals surface area contributed by atoms with E-state index in [1.807, 2.05) is 0 Å². The van der Waals surface area contributed by atoms with Crippen molar-refractivity contribution in [2.45, 2.75) is 139 Å². The van der Waals surface area contributed by atoms with Crippen molar-refractivity contribution >= 4 is 11.9 Å². The van der Waals surface area contributed by atoms with Crippen molar-refractivity contribution in [3.63, 3.8) is 0 Å². The topological polar surface area (TPSA) is 72.8 Å². The molecule has 4 fully saturated rings. The Labute approximate surface area is 249 Å². The number of carbonyl (C=O) groups is 2. The normalized spacial score (nSPS) is 46.6. The van der Waals surface area contributed by atoms with Gasteiger partial charge in [-0.05, 0) is 129 Å². The zero-order chi connectivity index (χ0) is 30.1. The van der Waals surface area contributed by atoms with E-state index in [2.05, 4.69) is 54.5 Å². The maximum absolute atomic E-state index is 13.5. The minimum Gasteiger partial charge on any atom is -0.466 e. The summed E-state index contributed by atoms with van der Waals surface area (Å²) in [5.74, 6) is 1.27. The van der Waals surface area contributed by atoms with E-state index >= 15 is 0 Å².